The van der Waals surface area contributed by atoms with Crippen LogP contribution in [0.2, 0.25) is 0 Å². The maximum Gasteiger partial charge on any atom is 0.249 e. The van der Waals surface area contributed by atoms with Crippen molar-refractivity contribution in [2.45, 2.75) is 39.2 Å². The van der Waals surface area contributed by atoms with Gasteiger partial charge in [0.15, 0.2) is 0 Å². The molecule has 2 amide bonds. The normalized spacial score (nSPS) is 11.7. The van der Waals surface area contributed by atoms with E-state index in [0.717, 1.165) is 23.2 Å². The molecule has 0 spiro atoms. The summed E-state index contributed by atoms with van der Waals surface area (Å²) in [5.41, 5.74) is 2.30. The van der Waals surface area contributed by atoms with Crippen molar-refractivity contribution in [3.8, 4) is 11.4 Å². The molecule has 0 radical (unpaired) electrons. The minimum atomic E-state index is -0.423. The van der Waals surface area contributed by atoms with Crippen LogP contribution < -0.4 is 10.6 Å². The zero-order valence-corrected chi connectivity index (χ0v) is 16.4. The minimum Gasteiger partial charge on any atom is -0.344 e. The third kappa shape index (κ3) is 5.71. The summed E-state index contributed by atoms with van der Waals surface area (Å²) in [6, 6.07) is 10.4. The van der Waals surface area contributed by atoms with Crippen LogP contribution >= 0.6 is 0 Å². The number of pyridine rings is 1. The molecule has 2 N–H and O–H groups in total. The number of rotatable bonds is 8. The highest BCUT2D eigenvalue weighted by Crippen LogP contribution is 2.18. The van der Waals surface area contributed by atoms with E-state index < -0.39 is 6.04 Å². The fraction of sp³-hybridized carbons (Fsp3) is 0.286. The molecular formula is C21H23N5O3. The molecule has 0 aliphatic rings. The van der Waals surface area contributed by atoms with Crippen LogP contribution in [0, 0.1) is 0 Å². The fourth-order valence-corrected chi connectivity index (χ4v) is 2.72. The van der Waals surface area contributed by atoms with Crippen LogP contribution in [-0.4, -0.2) is 26.9 Å². The molecule has 1 aromatic carbocycles. The summed E-state index contributed by atoms with van der Waals surface area (Å²) >= 11 is 0. The highest BCUT2D eigenvalue weighted by Gasteiger charge is 2.17. The maximum absolute atomic E-state index is 12.3. The monoisotopic (exact) mass is 393 g/mol. The first-order valence-electron chi connectivity index (χ1n) is 9.47. The van der Waals surface area contributed by atoms with E-state index in [9.17, 15) is 9.59 Å². The molecule has 0 fully saturated rings. The Hall–Kier alpha value is -3.55. The van der Waals surface area contributed by atoms with Crippen LogP contribution in [0.5, 0.6) is 0 Å². The van der Waals surface area contributed by atoms with Crippen molar-refractivity contribution < 1.29 is 14.1 Å². The third-order valence-electron chi connectivity index (χ3n) is 4.19. The van der Waals surface area contributed by atoms with E-state index >= 15 is 0 Å². The summed E-state index contributed by atoms with van der Waals surface area (Å²) < 4.78 is 5.26. The predicted molar refractivity (Wildman–Crippen MR) is 108 cm³/mol. The van der Waals surface area contributed by atoms with Gasteiger partial charge in [0.05, 0.1) is 6.42 Å². The first-order valence-corrected chi connectivity index (χ1v) is 9.47. The lowest BCUT2D eigenvalue weighted by Gasteiger charge is -2.10. The molecule has 0 aliphatic heterocycles. The van der Waals surface area contributed by atoms with Crippen molar-refractivity contribution in [1.82, 2.24) is 20.4 Å². The van der Waals surface area contributed by atoms with E-state index in [-0.39, 0.29) is 18.2 Å². The third-order valence-corrected chi connectivity index (χ3v) is 4.19. The van der Waals surface area contributed by atoms with Crippen molar-refractivity contribution >= 4 is 17.5 Å². The molecule has 0 saturated carbocycles. The Morgan fingerprint density at radius 3 is 2.62 bits per heavy atom. The van der Waals surface area contributed by atoms with Crippen molar-refractivity contribution in [3.63, 3.8) is 0 Å². The van der Waals surface area contributed by atoms with Crippen LogP contribution in [-0.2, 0) is 16.0 Å². The molecule has 0 bridgehead atoms. The standard InChI is InChI=1S/C21H23N5O3/c1-3-5-18(27)24-17-9-7-15(8-10-17)12-19(28)23-14(2)21-25-20(26-29-21)16-6-4-11-22-13-16/h4,6-11,13-14H,3,5,12H2,1-2H3,(H,23,28)(H,24,27)/t14-/m1/s1. The van der Waals surface area contributed by atoms with Gasteiger partial charge in [0.1, 0.15) is 6.04 Å². The quantitative estimate of drug-likeness (QED) is 0.608. The Kier molecular flexibility index (Phi) is 6.67. The van der Waals surface area contributed by atoms with Crippen LogP contribution in [0.1, 0.15) is 44.2 Å². The van der Waals surface area contributed by atoms with Gasteiger partial charge in [0.2, 0.25) is 23.5 Å². The zero-order valence-electron chi connectivity index (χ0n) is 16.4. The number of nitrogens with one attached hydrogen (secondary N) is 2. The molecule has 3 rings (SSSR count). The molecule has 8 heteroatoms. The van der Waals surface area contributed by atoms with Gasteiger partial charge in [-0.05, 0) is 43.2 Å². The summed E-state index contributed by atoms with van der Waals surface area (Å²) in [5.74, 6) is 0.569. The Bertz CT molecular complexity index is 954. The van der Waals surface area contributed by atoms with E-state index in [2.05, 4.69) is 25.8 Å². The van der Waals surface area contributed by atoms with Gasteiger partial charge in [-0.1, -0.05) is 24.2 Å². The van der Waals surface area contributed by atoms with Crippen LogP contribution in [0.25, 0.3) is 11.4 Å². The van der Waals surface area contributed by atoms with Crippen molar-refractivity contribution in [2.24, 2.45) is 0 Å². The second-order valence-electron chi connectivity index (χ2n) is 6.66. The van der Waals surface area contributed by atoms with Gasteiger partial charge >= 0.3 is 0 Å². The fourth-order valence-electron chi connectivity index (χ4n) is 2.72. The molecule has 8 nitrogen and oxygen atoms in total. The second kappa shape index (κ2) is 9.59. The van der Waals surface area contributed by atoms with Crippen LogP contribution in [0.15, 0.2) is 53.3 Å². The van der Waals surface area contributed by atoms with E-state index in [0.29, 0.717) is 18.1 Å². The van der Waals surface area contributed by atoms with Gasteiger partial charge in [-0.15, -0.1) is 0 Å². The molecular weight excluding hydrogens is 370 g/mol. The molecule has 0 saturated heterocycles. The number of nitrogens with zero attached hydrogens (tertiary/aromatic N) is 3. The number of hydrogen-bond donors (Lipinski definition) is 2. The highest BCUT2D eigenvalue weighted by atomic mass is 16.5. The Morgan fingerprint density at radius 2 is 1.93 bits per heavy atom. The van der Waals surface area contributed by atoms with E-state index in [1.807, 2.05) is 25.1 Å². The Morgan fingerprint density at radius 1 is 1.14 bits per heavy atom. The number of hydrogen-bond acceptors (Lipinski definition) is 6. The first kappa shape index (κ1) is 20.2. The van der Waals surface area contributed by atoms with E-state index in [1.165, 1.54) is 0 Å². The summed E-state index contributed by atoms with van der Waals surface area (Å²) in [4.78, 5) is 32.3. The summed E-state index contributed by atoms with van der Waals surface area (Å²) in [5, 5.41) is 9.61. The maximum atomic E-state index is 12.3. The highest BCUT2D eigenvalue weighted by molar-refractivity contribution is 5.90. The van der Waals surface area contributed by atoms with Gasteiger partial charge in [-0.25, -0.2) is 0 Å². The largest absolute Gasteiger partial charge is 0.344 e. The Labute approximate surface area is 168 Å². The second-order valence-corrected chi connectivity index (χ2v) is 6.66. The first-order chi connectivity index (χ1) is 14.0. The summed E-state index contributed by atoms with van der Waals surface area (Å²) in [6.45, 7) is 3.74. The van der Waals surface area contributed by atoms with Crippen LogP contribution in [0.3, 0.4) is 0 Å². The lowest BCUT2D eigenvalue weighted by Crippen LogP contribution is -2.28. The number of benzene rings is 1. The van der Waals surface area contributed by atoms with Gasteiger partial charge in [0.25, 0.3) is 0 Å². The van der Waals surface area contributed by atoms with Gasteiger partial charge in [-0.3, -0.25) is 14.6 Å². The molecule has 2 aromatic heterocycles. The van der Waals surface area contributed by atoms with Gasteiger partial charge in [-0.2, -0.15) is 4.98 Å². The van der Waals surface area contributed by atoms with Crippen molar-refractivity contribution in [1.29, 1.82) is 0 Å². The van der Waals surface area contributed by atoms with E-state index in [1.54, 1.807) is 37.5 Å². The number of carbonyl (C=O) groups excluding carboxylic acids is 2. The topological polar surface area (TPSA) is 110 Å². The van der Waals surface area contributed by atoms with Gasteiger partial charge in [0, 0.05) is 30.1 Å². The summed E-state index contributed by atoms with van der Waals surface area (Å²) in [7, 11) is 0. The summed E-state index contributed by atoms with van der Waals surface area (Å²) in [6.07, 6.45) is 4.80. The zero-order chi connectivity index (χ0) is 20.6. The average Bonchev–Trinajstić information content (AvgIpc) is 3.21. The average molecular weight is 393 g/mol. The smallest absolute Gasteiger partial charge is 0.249 e. The molecule has 0 aliphatic carbocycles. The number of carbonyl (C=O) groups is 2. The SMILES string of the molecule is CCCC(=O)Nc1ccc(CC(=O)N[C@H](C)c2nc(-c3cccnc3)no2)cc1. The molecule has 3 aromatic rings. The molecule has 1 atom stereocenters. The number of amides is 2. The van der Waals surface area contributed by atoms with Crippen LogP contribution in [0.4, 0.5) is 5.69 Å². The van der Waals surface area contributed by atoms with Gasteiger partial charge < -0.3 is 15.2 Å². The molecule has 0 unspecified atom stereocenters. The molecule has 29 heavy (non-hydrogen) atoms. The lowest BCUT2D eigenvalue weighted by atomic mass is 10.1. The molecule has 2 heterocycles. The van der Waals surface area contributed by atoms with Crippen molar-refractivity contribution in [3.05, 3.63) is 60.2 Å². The lowest BCUT2D eigenvalue weighted by molar-refractivity contribution is -0.121. The number of anilines is 1. The van der Waals surface area contributed by atoms with Crippen molar-refractivity contribution in [2.75, 3.05) is 5.32 Å². The Balaban J connectivity index is 1.54. The number of aromatic nitrogens is 3. The van der Waals surface area contributed by atoms with E-state index in [4.69, 9.17) is 4.52 Å². The minimum absolute atomic E-state index is 0.0166. The molecule has 150 valence electrons. The predicted octanol–water partition coefficient (Wildman–Crippen LogP) is 3.29.